The predicted molar refractivity (Wildman–Crippen MR) is 234 cm³/mol. The van der Waals surface area contributed by atoms with Crippen molar-refractivity contribution in [3.63, 3.8) is 0 Å². The van der Waals surface area contributed by atoms with Crippen molar-refractivity contribution < 1.29 is 9.94 Å². The lowest BCUT2D eigenvalue weighted by Gasteiger charge is -2.36. The molecule has 0 radical (unpaired) electrons. The number of hydrogen-bond acceptors (Lipinski definition) is 8. The van der Waals surface area contributed by atoms with Crippen molar-refractivity contribution in [1.82, 2.24) is 34.8 Å². The maximum atomic E-state index is 14.4. The van der Waals surface area contributed by atoms with Gasteiger partial charge in [0.25, 0.3) is 5.56 Å². The van der Waals surface area contributed by atoms with Crippen molar-refractivity contribution in [3.05, 3.63) is 202 Å². The molecule has 3 heterocycles. The first-order valence-electron chi connectivity index (χ1n) is 20.7. The molecule has 1 N–H and O–H groups in total. The van der Waals surface area contributed by atoms with E-state index in [0.29, 0.717) is 36.1 Å². The number of benzene rings is 6. The third-order valence-corrected chi connectivity index (χ3v) is 11.8. The molecule has 10 nitrogen and oxygen atoms in total. The van der Waals surface area contributed by atoms with Gasteiger partial charge in [0, 0.05) is 19.0 Å². The molecule has 0 amide bonds. The maximum absolute atomic E-state index is 14.4. The molecular formula is C50H47N7O3. The van der Waals surface area contributed by atoms with Gasteiger partial charge in [-0.3, -0.25) is 14.2 Å². The monoisotopic (exact) mass is 793 g/mol. The van der Waals surface area contributed by atoms with Crippen molar-refractivity contribution >= 4 is 10.9 Å². The van der Waals surface area contributed by atoms with Gasteiger partial charge in [0.2, 0.25) is 0 Å². The Morgan fingerprint density at radius 1 is 0.767 bits per heavy atom. The van der Waals surface area contributed by atoms with E-state index < -0.39 is 5.54 Å². The fourth-order valence-corrected chi connectivity index (χ4v) is 8.77. The highest BCUT2D eigenvalue weighted by molar-refractivity contribution is 5.81. The molecule has 6 aromatic carbocycles. The minimum atomic E-state index is -0.889. The van der Waals surface area contributed by atoms with Crippen molar-refractivity contribution in [2.24, 2.45) is 0 Å². The molecule has 60 heavy (non-hydrogen) atoms. The van der Waals surface area contributed by atoms with Crippen LogP contribution >= 0.6 is 0 Å². The van der Waals surface area contributed by atoms with Gasteiger partial charge in [-0.05, 0) is 74.3 Å². The summed E-state index contributed by atoms with van der Waals surface area (Å²) in [5.41, 5.74) is 7.65. The van der Waals surface area contributed by atoms with Crippen LogP contribution in [0.5, 0.6) is 0 Å². The average molecular weight is 794 g/mol. The molecule has 10 heteroatoms. The van der Waals surface area contributed by atoms with Crippen LogP contribution < -0.4 is 5.56 Å². The largest absolute Gasteiger partial charge is 0.394 e. The van der Waals surface area contributed by atoms with Crippen LogP contribution in [0.1, 0.15) is 65.9 Å². The second-order valence-electron chi connectivity index (χ2n) is 15.5. The summed E-state index contributed by atoms with van der Waals surface area (Å²) in [4.78, 5) is 25.2. The number of rotatable bonds is 13. The van der Waals surface area contributed by atoms with E-state index in [9.17, 15) is 9.90 Å². The number of aliphatic hydroxyl groups is 1. The summed E-state index contributed by atoms with van der Waals surface area (Å²) in [5.74, 6) is 1.41. The molecule has 0 spiro atoms. The van der Waals surface area contributed by atoms with E-state index in [1.807, 2.05) is 64.8 Å². The quantitative estimate of drug-likeness (QED) is 0.116. The second-order valence-corrected chi connectivity index (χ2v) is 15.5. The Balaban J connectivity index is 1.10. The molecule has 0 aliphatic carbocycles. The number of aliphatic hydroxyl groups excluding tert-OH is 1. The summed E-state index contributed by atoms with van der Waals surface area (Å²) < 4.78 is 3.80. The minimum Gasteiger partial charge on any atom is -0.394 e. The molecule has 0 bridgehead atoms. The van der Waals surface area contributed by atoms with E-state index in [1.54, 1.807) is 5.06 Å². The van der Waals surface area contributed by atoms with Crippen LogP contribution in [0.3, 0.4) is 0 Å². The number of nitrogens with zero attached hydrogens (tertiary/aromatic N) is 7. The van der Waals surface area contributed by atoms with E-state index in [1.165, 1.54) is 0 Å². The fraction of sp³-hybridized carbons (Fsp3) is 0.220. The highest BCUT2D eigenvalue weighted by Crippen LogP contribution is 2.43. The van der Waals surface area contributed by atoms with Crippen LogP contribution in [0.25, 0.3) is 33.4 Å². The van der Waals surface area contributed by atoms with Gasteiger partial charge < -0.3 is 5.11 Å². The van der Waals surface area contributed by atoms with Crippen LogP contribution in [0.4, 0.5) is 0 Å². The zero-order valence-corrected chi connectivity index (χ0v) is 33.8. The Morgan fingerprint density at radius 3 is 1.98 bits per heavy atom. The normalized spacial score (nSPS) is 15.8. The lowest BCUT2D eigenvalue weighted by Crippen LogP contribution is -2.39. The van der Waals surface area contributed by atoms with Crippen molar-refractivity contribution in [1.29, 1.82) is 0 Å². The lowest BCUT2D eigenvalue weighted by molar-refractivity contribution is -0.153. The van der Waals surface area contributed by atoms with Crippen LogP contribution in [-0.4, -0.2) is 59.7 Å². The van der Waals surface area contributed by atoms with Crippen LogP contribution in [-0.2, 0) is 23.3 Å². The number of unbranched alkanes of at least 4 members (excludes halogenated alkanes) is 1. The van der Waals surface area contributed by atoms with E-state index in [-0.39, 0.29) is 24.3 Å². The molecule has 300 valence electrons. The van der Waals surface area contributed by atoms with Gasteiger partial charge >= 0.3 is 0 Å². The first-order chi connectivity index (χ1) is 29.5. The third kappa shape index (κ3) is 7.12. The smallest absolute Gasteiger partial charge is 0.261 e. The predicted octanol–water partition coefficient (Wildman–Crippen LogP) is 8.62. The van der Waals surface area contributed by atoms with Gasteiger partial charge in [-0.15, -0.1) is 5.10 Å². The van der Waals surface area contributed by atoms with Gasteiger partial charge in [0.15, 0.2) is 5.82 Å². The Morgan fingerprint density at radius 2 is 1.38 bits per heavy atom. The molecule has 1 fully saturated rings. The Hall–Kier alpha value is -6.59. The van der Waals surface area contributed by atoms with Gasteiger partial charge in [-0.1, -0.05) is 159 Å². The topological polar surface area (TPSA) is 111 Å². The zero-order valence-electron chi connectivity index (χ0n) is 33.8. The van der Waals surface area contributed by atoms with Gasteiger partial charge in [0.1, 0.15) is 17.5 Å². The lowest BCUT2D eigenvalue weighted by atomic mass is 9.77. The number of hydrogen-bond donors (Lipinski definition) is 1. The number of tetrazole rings is 1. The van der Waals surface area contributed by atoms with Crippen molar-refractivity contribution in [2.45, 2.75) is 56.8 Å². The summed E-state index contributed by atoms with van der Waals surface area (Å²) >= 11 is 0. The molecule has 1 saturated heterocycles. The SMILES string of the molecule is CCCCc1nc2ccc(C3CC(CO)ON3C)cc2c(=O)n1Cc1ccc(-c2ccccc2-c2nnnn2C(c2ccccc2)(c2ccccc2)c2ccccc2)cc1. The Labute approximate surface area is 349 Å². The van der Waals surface area contributed by atoms with E-state index >= 15 is 0 Å². The van der Waals surface area contributed by atoms with E-state index in [0.717, 1.165) is 63.2 Å². The van der Waals surface area contributed by atoms with Gasteiger partial charge in [0.05, 0.1) is 30.1 Å². The molecule has 0 saturated carbocycles. The number of fused-ring (bicyclic) bond motifs is 1. The number of aryl methyl sites for hydroxylation is 1. The second kappa shape index (κ2) is 16.9. The molecule has 2 aromatic heterocycles. The summed E-state index contributed by atoms with van der Waals surface area (Å²) in [5, 5.41) is 25.9. The van der Waals surface area contributed by atoms with E-state index in [2.05, 4.69) is 121 Å². The third-order valence-electron chi connectivity index (χ3n) is 11.8. The summed E-state index contributed by atoms with van der Waals surface area (Å²) in [7, 11) is 1.87. The molecule has 2 atom stereocenters. The molecular weight excluding hydrogens is 747 g/mol. The molecule has 9 rings (SSSR count). The number of aromatic nitrogens is 6. The first-order valence-corrected chi connectivity index (χ1v) is 20.7. The summed E-state index contributed by atoms with van der Waals surface area (Å²) in [6.07, 6.45) is 3.01. The molecule has 1 aliphatic heterocycles. The highest BCUT2D eigenvalue weighted by atomic mass is 16.7. The highest BCUT2D eigenvalue weighted by Gasteiger charge is 2.42. The average Bonchev–Trinajstić information content (AvgIpc) is 3.95. The van der Waals surface area contributed by atoms with Crippen molar-refractivity contribution in [3.8, 4) is 22.5 Å². The van der Waals surface area contributed by atoms with Crippen LogP contribution in [0, 0.1) is 0 Å². The van der Waals surface area contributed by atoms with Gasteiger partial charge in [-0.25, -0.2) is 9.67 Å². The zero-order chi connectivity index (χ0) is 41.1. The fourth-order valence-electron chi connectivity index (χ4n) is 8.77. The molecule has 8 aromatic rings. The maximum Gasteiger partial charge on any atom is 0.261 e. The number of hydroxylamine groups is 2. The summed E-state index contributed by atoms with van der Waals surface area (Å²) in [6.45, 7) is 2.48. The Bertz CT molecular complexity index is 2680. The molecule has 2 unspecified atom stereocenters. The molecule has 1 aliphatic rings. The standard InChI is InChI=1S/C50H47N7O3/c1-3-4-24-47-51-45-30-29-37(46-32-41(34-58)60-55(46)2)31-44(45)49(59)56(47)33-35-25-27-36(28-26-35)42-22-14-15-23-43(42)48-52-53-54-57(48)50(38-16-8-5-9-17-38,39-18-10-6-11-19-39)40-20-12-7-13-21-40/h5-23,25-31,41,46,58H,3-4,24,32-34H2,1-2H3. The van der Waals surface area contributed by atoms with Crippen molar-refractivity contribution in [2.75, 3.05) is 13.7 Å². The minimum absolute atomic E-state index is 0.0513. The van der Waals surface area contributed by atoms with E-state index in [4.69, 9.17) is 20.1 Å². The van der Waals surface area contributed by atoms with Crippen LogP contribution in [0.15, 0.2) is 163 Å². The first kappa shape index (κ1) is 38.9. The Kier molecular flexibility index (Phi) is 11.0. The summed E-state index contributed by atoms with van der Waals surface area (Å²) in [6, 6.07) is 53.7. The van der Waals surface area contributed by atoms with Gasteiger partial charge in [-0.2, -0.15) is 5.06 Å². The van der Waals surface area contributed by atoms with Crippen LogP contribution in [0.2, 0.25) is 0 Å².